The lowest BCUT2D eigenvalue weighted by Crippen LogP contribution is -2.38. The SMILES string of the molecule is CCn1c(-c2cccc(C(F)(F)F)c2)cc2cc(CC(=O)c3cc(CNC(=O)C(C)(C)F)cnc3C(F)F)ccc21. The second kappa shape index (κ2) is 11.4. The predicted molar refractivity (Wildman–Crippen MR) is 142 cm³/mol. The van der Waals surface area contributed by atoms with Crippen molar-refractivity contribution in [3.05, 3.63) is 88.7 Å². The number of pyridine rings is 1. The molecule has 0 saturated heterocycles. The minimum absolute atomic E-state index is 0.211. The smallest absolute Gasteiger partial charge is 0.349 e. The molecule has 0 aliphatic rings. The Kier molecular flexibility index (Phi) is 8.28. The summed E-state index contributed by atoms with van der Waals surface area (Å²) >= 11 is 0. The van der Waals surface area contributed by atoms with E-state index in [1.54, 1.807) is 30.3 Å². The van der Waals surface area contributed by atoms with E-state index in [4.69, 9.17) is 0 Å². The summed E-state index contributed by atoms with van der Waals surface area (Å²) in [5.41, 5.74) is -1.52. The Balaban J connectivity index is 1.64. The van der Waals surface area contributed by atoms with Gasteiger partial charge in [-0.3, -0.25) is 14.6 Å². The predicted octanol–water partition coefficient (Wildman–Crippen LogP) is 7.47. The maximum Gasteiger partial charge on any atom is 0.416 e. The third-order valence-corrected chi connectivity index (χ3v) is 6.61. The highest BCUT2D eigenvalue weighted by Gasteiger charge is 2.31. The van der Waals surface area contributed by atoms with Crippen molar-refractivity contribution in [2.45, 2.75) is 58.6 Å². The molecule has 11 heteroatoms. The molecule has 0 unspecified atom stereocenters. The van der Waals surface area contributed by atoms with Crippen molar-refractivity contribution in [3.8, 4) is 11.3 Å². The first-order valence-corrected chi connectivity index (χ1v) is 12.8. The Morgan fingerprint density at radius 3 is 2.34 bits per heavy atom. The van der Waals surface area contributed by atoms with Crippen LogP contribution in [0.5, 0.6) is 0 Å². The summed E-state index contributed by atoms with van der Waals surface area (Å²) in [6, 6.07) is 13.0. The van der Waals surface area contributed by atoms with Gasteiger partial charge < -0.3 is 9.88 Å². The number of rotatable bonds is 9. The van der Waals surface area contributed by atoms with Crippen molar-refractivity contribution < 1.29 is 35.9 Å². The molecule has 41 heavy (non-hydrogen) atoms. The number of nitrogens with one attached hydrogen (secondary N) is 1. The zero-order valence-electron chi connectivity index (χ0n) is 22.5. The van der Waals surface area contributed by atoms with Gasteiger partial charge in [-0.15, -0.1) is 0 Å². The average Bonchev–Trinajstić information content (AvgIpc) is 3.28. The Morgan fingerprint density at radius 1 is 0.976 bits per heavy atom. The molecular formula is C30H27F6N3O2. The maximum absolute atomic E-state index is 13.8. The third-order valence-electron chi connectivity index (χ3n) is 6.61. The molecule has 2 heterocycles. The summed E-state index contributed by atoms with van der Waals surface area (Å²) in [5, 5.41) is 3.01. The van der Waals surface area contributed by atoms with Gasteiger partial charge in [-0.1, -0.05) is 18.2 Å². The molecule has 2 aromatic carbocycles. The minimum Gasteiger partial charge on any atom is -0.349 e. The van der Waals surface area contributed by atoms with Crippen molar-refractivity contribution >= 4 is 22.6 Å². The standard InChI is InChI=1S/C30H27F6N3O2/c1-4-39-23-9-8-17(10-20(23)14-24(39)19-6-5-7-21(13-19)30(34,35)36)12-25(40)22-11-18(15-37-26(22)27(31)32)16-38-28(41)29(2,3)33/h5-11,13-15,27H,4,12,16H2,1-3H3,(H,38,41). The molecular weight excluding hydrogens is 548 g/mol. The second-order valence-corrected chi connectivity index (χ2v) is 10.1. The number of halogens is 6. The first-order valence-electron chi connectivity index (χ1n) is 12.8. The fourth-order valence-corrected chi connectivity index (χ4v) is 4.55. The van der Waals surface area contributed by atoms with Gasteiger partial charge in [0.15, 0.2) is 11.5 Å². The Bertz CT molecular complexity index is 1600. The third kappa shape index (κ3) is 6.61. The number of aryl methyl sites for hydroxylation is 1. The molecule has 5 nitrogen and oxygen atoms in total. The summed E-state index contributed by atoms with van der Waals surface area (Å²) in [7, 11) is 0. The lowest BCUT2D eigenvalue weighted by molar-refractivity contribution is -0.137. The largest absolute Gasteiger partial charge is 0.416 e. The van der Waals surface area contributed by atoms with Crippen LogP contribution in [0.3, 0.4) is 0 Å². The number of ketones is 1. The molecule has 1 N–H and O–H groups in total. The van der Waals surface area contributed by atoms with Gasteiger partial charge in [0, 0.05) is 47.9 Å². The molecule has 2 aromatic heterocycles. The molecule has 0 saturated carbocycles. The van der Waals surface area contributed by atoms with Crippen LogP contribution >= 0.6 is 0 Å². The van der Waals surface area contributed by atoms with Gasteiger partial charge in [0.05, 0.1) is 5.56 Å². The number of aromatic nitrogens is 2. The van der Waals surface area contributed by atoms with Gasteiger partial charge in [-0.2, -0.15) is 13.2 Å². The van der Waals surface area contributed by atoms with E-state index in [0.717, 1.165) is 37.7 Å². The van der Waals surface area contributed by atoms with E-state index in [0.29, 0.717) is 28.8 Å². The van der Waals surface area contributed by atoms with E-state index in [2.05, 4.69) is 10.3 Å². The van der Waals surface area contributed by atoms with E-state index < -0.39 is 41.2 Å². The first-order chi connectivity index (χ1) is 19.2. The van der Waals surface area contributed by atoms with Gasteiger partial charge in [-0.05, 0) is 73.9 Å². The van der Waals surface area contributed by atoms with Crippen LogP contribution < -0.4 is 5.32 Å². The number of hydrogen-bond acceptors (Lipinski definition) is 3. The number of amides is 1. The van der Waals surface area contributed by atoms with Gasteiger partial charge in [-0.25, -0.2) is 13.2 Å². The van der Waals surface area contributed by atoms with Crippen LogP contribution in [0.2, 0.25) is 0 Å². The highest BCUT2D eigenvalue weighted by atomic mass is 19.4. The van der Waals surface area contributed by atoms with E-state index in [1.807, 2.05) is 11.5 Å². The van der Waals surface area contributed by atoms with Crippen molar-refractivity contribution in [1.82, 2.24) is 14.9 Å². The average molecular weight is 576 g/mol. The fourth-order valence-electron chi connectivity index (χ4n) is 4.55. The van der Waals surface area contributed by atoms with Crippen LogP contribution in [0, 0.1) is 0 Å². The Hall–Kier alpha value is -4.15. The lowest BCUT2D eigenvalue weighted by Gasteiger charge is -2.15. The molecule has 216 valence electrons. The molecule has 0 radical (unpaired) electrons. The summed E-state index contributed by atoms with van der Waals surface area (Å²) in [5.74, 6) is -1.54. The molecule has 0 aliphatic carbocycles. The molecule has 4 rings (SSSR count). The summed E-state index contributed by atoms with van der Waals surface area (Å²) in [6.07, 6.45) is -6.68. The molecule has 0 bridgehead atoms. The summed E-state index contributed by atoms with van der Waals surface area (Å²) < 4.78 is 82.9. The summed E-state index contributed by atoms with van der Waals surface area (Å²) in [6.45, 7) is 4.27. The Morgan fingerprint density at radius 2 is 1.71 bits per heavy atom. The zero-order valence-corrected chi connectivity index (χ0v) is 22.5. The zero-order chi connectivity index (χ0) is 30.1. The van der Waals surface area contributed by atoms with Gasteiger partial charge in [0.1, 0.15) is 5.69 Å². The van der Waals surface area contributed by atoms with E-state index in [-0.39, 0.29) is 24.1 Å². The van der Waals surface area contributed by atoms with Crippen molar-refractivity contribution in [2.24, 2.45) is 0 Å². The van der Waals surface area contributed by atoms with Gasteiger partial charge in [0.25, 0.3) is 12.3 Å². The topological polar surface area (TPSA) is 64.0 Å². The molecule has 4 aromatic rings. The monoisotopic (exact) mass is 575 g/mol. The van der Waals surface area contributed by atoms with Gasteiger partial charge >= 0.3 is 6.18 Å². The van der Waals surface area contributed by atoms with Crippen LogP contribution in [0.25, 0.3) is 22.2 Å². The summed E-state index contributed by atoms with van der Waals surface area (Å²) in [4.78, 5) is 28.7. The van der Waals surface area contributed by atoms with Crippen LogP contribution in [0.1, 0.15) is 59.9 Å². The number of alkyl halides is 6. The number of nitrogens with zero attached hydrogens (tertiary/aromatic N) is 2. The number of carbonyl (C=O) groups is 2. The molecule has 0 spiro atoms. The minimum atomic E-state index is -4.49. The number of fused-ring (bicyclic) bond motifs is 1. The fraction of sp³-hybridized carbons (Fsp3) is 0.300. The highest BCUT2D eigenvalue weighted by Crippen LogP contribution is 2.35. The Labute approximate surface area is 232 Å². The van der Waals surface area contributed by atoms with Crippen LogP contribution in [0.4, 0.5) is 26.3 Å². The number of carbonyl (C=O) groups excluding carboxylic acids is 2. The second-order valence-electron chi connectivity index (χ2n) is 10.1. The van der Waals surface area contributed by atoms with Crippen molar-refractivity contribution in [3.63, 3.8) is 0 Å². The van der Waals surface area contributed by atoms with E-state index in [9.17, 15) is 35.9 Å². The number of benzene rings is 2. The van der Waals surface area contributed by atoms with Crippen LogP contribution in [0.15, 0.2) is 60.8 Å². The maximum atomic E-state index is 13.8. The normalized spacial score (nSPS) is 12.2. The molecule has 0 atom stereocenters. The number of Topliss-reactive ketones (excluding diaryl/α,β-unsaturated/α-hetero) is 1. The lowest BCUT2D eigenvalue weighted by atomic mass is 9.99. The van der Waals surface area contributed by atoms with Crippen LogP contribution in [-0.4, -0.2) is 26.9 Å². The highest BCUT2D eigenvalue weighted by molar-refractivity contribution is 5.99. The molecule has 0 fully saturated rings. The molecule has 1 amide bonds. The molecule has 0 aliphatic heterocycles. The quantitative estimate of drug-likeness (QED) is 0.166. The van der Waals surface area contributed by atoms with Crippen molar-refractivity contribution in [2.75, 3.05) is 0 Å². The first kappa shape index (κ1) is 29.8. The van der Waals surface area contributed by atoms with Gasteiger partial charge in [0.2, 0.25) is 0 Å². The van der Waals surface area contributed by atoms with E-state index in [1.165, 1.54) is 12.1 Å². The van der Waals surface area contributed by atoms with E-state index >= 15 is 0 Å². The van der Waals surface area contributed by atoms with Crippen molar-refractivity contribution in [1.29, 1.82) is 0 Å². The number of hydrogen-bond donors (Lipinski definition) is 1. The van der Waals surface area contributed by atoms with Crippen LogP contribution in [-0.2, 0) is 30.5 Å².